The maximum Gasteiger partial charge on any atom is 0.410 e. The van der Waals surface area contributed by atoms with Gasteiger partial charge in [0.1, 0.15) is 11.4 Å². The van der Waals surface area contributed by atoms with E-state index in [0.29, 0.717) is 6.54 Å². The van der Waals surface area contributed by atoms with Gasteiger partial charge in [-0.15, -0.1) is 0 Å². The molecular formula is C18H28N4O2. The molecule has 6 nitrogen and oxygen atoms in total. The Morgan fingerprint density at radius 3 is 2.67 bits per heavy atom. The van der Waals surface area contributed by atoms with Gasteiger partial charge in [-0.25, -0.2) is 9.78 Å². The molecule has 1 amide bonds. The number of rotatable bonds is 1. The number of nitrogens with one attached hydrogen (secondary N) is 1. The predicted octanol–water partition coefficient (Wildman–Crippen LogP) is 2.17. The summed E-state index contributed by atoms with van der Waals surface area (Å²) < 4.78 is 5.56. The third-order valence-corrected chi connectivity index (χ3v) is 4.53. The van der Waals surface area contributed by atoms with Crippen LogP contribution in [-0.2, 0) is 17.7 Å². The summed E-state index contributed by atoms with van der Waals surface area (Å²) in [5.41, 5.74) is 1.95. The molecular weight excluding hydrogens is 304 g/mol. The summed E-state index contributed by atoms with van der Waals surface area (Å²) in [6, 6.07) is 2.27. The molecule has 0 bridgehead atoms. The highest BCUT2D eigenvalue weighted by atomic mass is 16.6. The minimum absolute atomic E-state index is 0.124. The normalized spacial score (nSPS) is 21.4. The van der Waals surface area contributed by atoms with E-state index in [4.69, 9.17) is 4.74 Å². The van der Waals surface area contributed by atoms with Gasteiger partial charge in [0.25, 0.3) is 0 Å². The molecule has 0 aromatic carbocycles. The van der Waals surface area contributed by atoms with Crippen LogP contribution in [0.15, 0.2) is 12.3 Å². The number of piperazine rings is 1. The molecule has 0 radical (unpaired) electrons. The lowest BCUT2D eigenvalue weighted by atomic mass is 9.97. The Morgan fingerprint density at radius 2 is 2.00 bits per heavy atom. The van der Waals surface area contributed by atoms with Crippen molar-refractivity contribution in [1.29, 1.82) is 0 Å². The summed E-state index contributed by atoms with van der Waals surface area (Å²) in [4.78, 5) is 21.3. The van der Waals surface area contributed by atoms with Gasteiger partial charge < -0.3 is 19.9 Å². The minimum Gasteiger partial charge on any atom is -0.444 e. The minimum atomic E-state index is -0.471. The average molecular weight is 332 g/mol. The van der Waals surface area contributed by atoms with E-state index in [1.54, 1.807) is 0 Å². The molecule has 1 unspecified atom stereocenters. The molecule has 24 heavy (non-hydrogen) atoms. The number of nitrogens with zero attached hydrogens (tertiary/aromatic N) is 3. The molecule has 2 aliphatic rings. The standard InChI is InChI=1S/C18H28N4O2/c1-13-9-14-11-20-16(21-7-5-19-6-8-21)10-15(14)12-22(13)17(23)24-18(2,3)4/h10-11,13,19H,5-9,12H2,1-4H3. The second kappa shape index (κ2) is 6.59. The average Bonchev–Trinajstić information content (AvgIpc) is 2.53. The Bertz CT molecular complexity index is 606. The van der Waals surface area contributed by atoms with Crippen LogP contribution in [0, 0.1) is 0 Å². The number of pyridine rings is 1. The quantitative estimate of drug-likeness (QED) is 0.854. The van der Waals surface area contributed by atoms with E-state index >= 15 is 0 Å². The number of ether oxygens (including phenoxy) is 1. The highest BCUT2D eigenvalue weighted by molar-refractivity contribution is 5.69. The van der Waals surface area contributed by atoms with Crippen LogP contribution in [0.4, 0.5) is 10.6 Å². The van der Waals surface area contributed by atoms with Crippen molar-refractivity contribution in [3.8, 4) is 0 Å². The first-order valence-electron chi connectivity index (χ1n) is 8.76. The SMILES string of the molecule is CC1Cc2cnc(N3CCNCC3)cc2CN1C(=O)OC(C)(C)C. The van der Waals surface area contributed by atoms with Gasteiger partial charge >= 0.3 is 6.09 Å². The van der Waals surface area contributed by atoms with Gasteiger partial charge in [0.15, 0.2) is 0 Å². The molecule has 1 N–H and O–H groups in total. The summed E-state index contributed by atoms with van der Waals surface area (Å²) >= 11 is 0. The number of aromatic nitrogens is 1. The molecule has 2 aliphatic heterocycles. The van der Waals surface area contributed by atoms with Crippen molar-refractivity contribution in [2.75, 3.05) is 31.1 Å². The molecule has 1 aromatic heterocycles. The summed E-state index contributed by atoms with van der Waals surface area (Å²) in [5, 5.41) is 3.36. The molecule has 132 valence electrons. The van der Waals surface area contributed by atoms with Crippen molar-refractivity contribution >= 4 is 11.9 Å². The van der Waals surface area contributed by atoms with Crippen LogP contribution in [0.2, 0.25) is 0 Å². The highest BCUT2D eigenvalue weighted by Gasteiger charge is 2.31. The second-order valence-electron chi connectivity index (χ2n) is 7.71. The number of amides is 1. The first-order chi connectivity index (χ1) is 11.3. The Labute approximate surface area is 144 Å². The molecule has 1 aromatic rings. The fourth-order valence-corrected chi connectivity index (χ4v) is 3.24. The fourth-order valence-electron chi connectivity index (χ4n) is 3.24. The fraction of sp³-hybridized carbons (Fsp3) is 0.667. The molecule has 3 heterocycles. The summed E-state index contributed by atoms with van der Waals surface area (Å²) in [6.45, 7) is 12.3. The zero-order valence-corrected chi connectivity index (χ0v) is 15.1. The van der Waals surface area contributed by atoms with Crippen molar-refractivity contribution in [3.63, 3.8) is 0 Å². The molecule has 3 rings (SSSR count). The predicted molar refractivity (Wildman–Crippen MR) is 94.3 cm³/mol. The van der Waals surface area contributed by atoms with E-state index < -0.39 is 5.60 Å². The number of fused-ring (bicyclic) bond motifs is 1. The summed E-state index contributed by atoms with van der Waals surface area (Å²) in [6.07, 6.45) is 2.57. The van der Waals surface area contributed by atoms with E-state index in [0.717, 1.165) is 38.4 Å². The van der Waals surface area contributed by atoms with Crippen LogP contribution in [0.3, 0.4) is 0 Å². The van der Waals surface area contributed by atoms with Gasteiger partial charge in [-0.1, -0.05) is 0 Å². The van der Waals surface area contributed by atoms with Gasteiger partial charge in [-0.05, 0) is 51.3 Å². The smallest absolute Gasteiger partial charge is 0.410 e. The van der Waals surface area contributed by atoms with Gasteiger partial charge in [0.2, 0.25) is 0 Å². The van der Waals surface area contributed by atoms with Gasteiger partial charge in [-0.2, -0.15) is 0 Å². The number of hydrogen-bond donors (Lipinski definition) is 1. The van der Waals surface area contributed by atoms with Crippen molar-refractivity contribution in [2.24, 2.45) is 0 Å². The van der Waals surface area contributed by atoms with Crippen LogP contribution < -0.4 is 10.2 Å². The highest BCUT2D eigenvalue weighted by Crippen LogP contribution is 2.27. The third kappa shape index (κ3) is 3.80. The van der Waals surface area contributed by atoms with Crippen molar-refractivity contribution < 1.29 is 9.53 Å². The molecule has 1 saturated heterocycles. The van der Waals surface area contributed by atoms with Crippen molar-refractivity contribution in [2.45, 2.75) is 52.3 Å². The summed E-state index contributed by atoms with van der Waals surface area (Å²) in [7, 11) is 0. The number of carbonyl (C=O) groups is 1. The topological polar surface area (TPSA) is 57.7 Å². The van der Waals surface area contributed by atoms with Crippen LogP contribution in [0.25, 0.3) is 0 Å². The molecule has 0 aliphatic carbocycles. The number of hydrogen-bond acceptors (Lipinski definition) is 5. The number of carbonyl (C=O) groups excluding carboxylic acids is 1. The first-order valence-corrected chi connectivity index (χ1v) is 8.76. The van der Waals surface area contributed by atoms with Crippen LogP contribution >= 0.6 is 0 Å². The van der Waals surface area contributed by atoms with E-state index in [-0.39, 0.29) is 12.1 Å². The number of anilines is 1. The molecule has 0 spiro atoms. The third-order valence-electron chi connectivity index (χ3n) is 4.53. The maximum atomic E-state index is 12.5. The largest absolute Gasteiger partial charge is 0.444 e. The Kier molecular flexibility index (Phi) is 4.67. The Morgan fingerprint density at radius 1 is 1.29 bits per heavy atom. The van der Waals surface area contributed by atoms with E-state index in [9.17, 15) is 4.79 Å². The first kappa shape index (κ1) is 17.0. The maximum absolute atomic E-state index is 12.5. The van der Waals surface area contributed by atoms with Crippen LogP contribution in [0.1, 0.15) is 38.8 Å². The van der Waals surface area contributed by atoms with Gasteiger partial charge in [0, 0.05) is 45.0 Å². The van der Waals surface area contributed by atoms with Crippen LogP contribution in [-0.4, -0.2) is 53.8 Å². The molecule has 1 atom stereocenters. The van der Waals surface area contributed by atoms with E-state index in [1.807, 2.05) is 31.9 Å². The monoisotopic (exact) mass is 332 g/mol. The van der Waals surface area contributed by atoms with Crippen molar-refractivity contribution in [3.05, 3.63) is 23.4 Å². The Balaban J connectivity index is 1.78. The van der Waals surface area contributed by atoms with Gasteiger partial charge in [-0.3, -0.25) is 0 Å². The lowest BCUT2D eigenvalue weighted by molar-refractivity contribution is 0.0138. The van der Waals surface area contributed by atoms with Gasteiger partial charge in [0.05, 0.1) is 0 Å². The zero-order chi connectivity index (χ0) is 17.3. The van der Waals surface area contributed by atoms with Crippen molar-refractivity contribution in [1.82, 2.24) is 15.2 Å². The molecule has 0 saturated carbocycles. The van der Waals surface area contributed by atoms with Crippen LogP contribution in [0.5, 0.6) is 0 Å². The lowest BCUT2D eigenvalue weighted by Crippen LogP contribution is -2.46. The summed E-state index contributed by atoms with van der Waals surface area (Å²) in [5.74, 6) is 1.01. The molecule has 1 fully saturated rings. The zero-order valence-electron chi connectivity index (χ0n) is 15.1. The molecule has 6 heteroatoms. The van der Waals surface area contributed by atoms with E-state index in [2.05, 4.69) is 28.2 Å². The van der Waals surface area contributed by atoms with E-state index in [1.165, 1.54) is 11.1 Å². The lowest BCUT2D eigenvalue weighted by Gasteiger charge is -2.36. The Hall–Kier alpha value is -1.82. The second-order valence-corrected chi connectivity index (χ2v) is 7.71.